The van der Waals surface area contributed by atoms with E-state index in [9.17, 15) is 9.59 Å². The van der Waals surface area contributed by atoms with Crippen molar-refractivity contribution in [3.8, 4) is 17.2 Å². The molecule has 1 aliphatic rings. The Morgan fingerprint density at radius 2 is 1.85 bits per heavy atom. The number of hydrogen-bond donors (Lipinski definition) is 1. The molecule has 2 amide bonds. The van der Waals surface area contributed by atoms with E-state index in [1.807, 2.05) is 32.0 Å². The standard InChI is InChI=1S/C23H26ClN3O5S/c1-13-6-7-18(10-14(13)2)31-8-9-32-21-19(24)11-17(12-20(21)30-5)22-27(16(4)29)26-23(33-22)25-15(3)28/h6-7,10-12,22H,8-9H2,1-5H3,(H,25,26,28)/t22-/m1/s1. The predicted molar refractivity (Wildman–Crippen MR) is 129 cm³/mol. The largest absolute Gasteiger partial charge is 0.493 e. The fourth-order valence-electron chi connectivity index (χ4n) is 3.11. The van der Waals surface area contributed by atoms with Crippen molar-refractivity contribution in [1.29, 1.82) is 0 Å². The molecule has 1 heterocycles. The first-order valence-corrected chi connectivity index (χ1v) is 11.5. The fourth-order valence-corrected chi connectivity index (χ4v) is 4.50. The number of benzene rings is 2. The van der Waals surface area contributed by atoms with Crippen LogP contribution in [-0.2, 0) is 9.59 Å². The highest BCUT2D eigenvalue weighted by Gasteiger charge is 2.33. The molecule has 2 aromatic carbocycles. The highest BCUT2D eigenvalue weighted by molar-refractivity contribution is 8.14. The molecule has 8 nitrogen and oxygen atoms in total. The summed E-state index contributed by atoms with van der Waals surface area (Å²) in [7, 11) is 1.51. The molecule has 2 aromatic rings. The van der Waals surface area contributed by atoms with Crippen LogP contribution in [0.2, 0.25) is 5.02 Å². The Labute approximate surface area is 202 Å². The molecule has 0 aromatic heterocycles. The maximum absolute atomic E-state index is 12.1. The second kappa shape index (κ2) is 10.8. The van der Waals surface area contributed by atoms with E-state index in [-0.39, 0.29) is 18.4 Å². The number of carbonyl (C=O) groups excluding carboxylic acids is 2. The smallest absolute Gasteiger partial charge is 0.241 e. The third-order valence-corrected chi connectivity index (χ3v) is 6.25. The number of aryl methyl sites for hydroxylation is 2. The molecule has 1 N–H and O–H groups in total. The molecule has 33 heavy (non-hydrogen) atoms. The van der Waals surface area contributed by atoms with E-state index in [0.717, 1.165) is 11.3 Å². The van der Waals surface area contributed by atoms with Crippen LogP contribution in [-0.4, -0.2) is 42.3 Å². The zero-order valence-corrected chi connectivity index (χ0v) is 20.7. The van der Waals surface area contributed by atoms with Gasteiger partial charge in [0.1, 0.15) is 24.3 Å². The molecule has 1 aliphatic heterocycles. The molecule has 10 heteroatoms. The molecule has 0 spiro atoms. The van der Waals surface area contributed by atoms with Gasteiger partial charge in [-0.3, -0.25) is 9.59 Å². The van der Waals surface area contributed by atoms with Crippen molar-refractivity contribution < 1.29 is 23.8 Å². The quantitative estimate of drug-likeness (QED) is 0.576. The van der Waals surface area contributed by atoms with Crippen LogP contribution in [0, 0.1) is 13.8 Å². The summed E-state index contributed by atoms with van der Waals surface area (Å²) >= 11 is 7.74. The minimum atomic E-state index is -0.502. The number of carbonyl (C=O) groups is 2. The fraction of sp³-hybridized carbons (Fsp3) is 0.348. The average molecular weight is 492 g/mol. The predicted octanol–water partition coefficient (Wildman–Crippen LogP) is 4.42. The number of halogens is 1. The third kappa shape index (κ3) is 6.11. The van der Waals surface area contributed by atoms with Crippen LogP contribution in [0.5, 0.6) is 17.2 Å². The lowest BCUT2D eigenvalue weighted by Crippen LogP contribution is -2.25. The second-order valence-electron chi connectivity index (χ2n) is 7.40. The molecule has 0 radical (unpaired) electrons. The number of amidine groups is 1. The normalized spacial score (nSPS) is 15.2. The highest BCUT2D eigenvalue weighted by Crippen LogP contribution is 2.44. The third-order valence-electron chi connectivity index (χ3n) is 4.86. The van der Waals surface area contributed by atoms with Gasteiger partial charge in [0.15, 0.2) is 16.7 Å². The Morgan fingerprint density at radius 1 is 1.12 bits per heavy atom. The lowest BCUT2D eigenvalue weighted by atomic mass is 10.1. The Bertz CT molecular complexity index is 1090. The highest BCUT2D eigenvalue weighted by atomic mass is 35.5. The van der Waals surface area contributed by atoms with E-state index in [0.29, 0.717) is 33.9 Å². The van der Waals surface area contributed by atoms with Gasteiger partial charge in [0.25, 0.3) is 0 Å². The number of nitrogens with one attached hydrogen (secondary N) is 1. The Balaban J connectivity index is 1.70. The summed E-state index contributed by atoms with van der Waals surface area (Å²) in [6.45, 7) is 7.45. The maximum Gasteiger partial charge on any atom is 0.241 e. The average Bonchev–Trinajstić information content (AvgIpc) is 3.17. The first-order chi connectivity index (χ1) is 15.7. The van der Waals surface area contributed by atoms with Crippen molar-refractivity contribution in [1.82, 2.24) is 10.3 Å². The van der Waals surface area contributed by atoms with Gasteiger partial charge in [-0.25, -0.2) is 5.01 Å². The summed E-state index contributed by atoms with van der Waals surface area (Å²) < 4.78 is 17.1. The van der Waals surface area contributed by atoms with E-state index >= 15 is 0 Å². The van der Waals surface area contributed by atoms with Gasteiger partial charge in [-0.2, -0.15) is 0 Å². The molecular weight excluding hydrogens is 466 g/mol. The molecule has 176 valence electrons. The van der Waals surface area contributed by atoms with E-state index in [4.69, 9.17) is 25.8 Å². The molecular formula is C23H26ClN3O5S. The summed E-state index contributed by atoms with van der Waals surface area (Å²) in [5.41, 5.74) is 3.04. The minimum Gasteiger partial charge on any atom is -0.493 e. The molecule has 3 rings (SSSR count). The zero-order chi connectivity index (χ0) is 24.1. The lowest BCUT2D eigenvalue weighted by Gasteiger charge is -2.21. The van der Waals surface area contributed by atoms with Gasteiger partial charge in [-0.05, 0) is 54.8 Å². The lowest BCUT2D eigenvalue weighted by molar-refractivity contribution is -0.129. The van der Waals surface area contributed by atoms with Gasteiger partial charge in [0.2, 0.25) is 11.8 Å². The molecule has 0 fully saturated rings. The van der Waals surface area contributed by atoms with Gasteiger partial charge in [-0.1, -0.05) is 29.4 Å². The molecule has 0 saturated carbocycles. The number of amides is 2. The second-order valence-corrected chi connectivity index (χ2v) is 8.87. The number of methoxy groups -OCH3 is 1. The van der Waals surface area contributed by atoms with Crippen LogP contribution >= 0.6 is 23.4 Å². The first-order valence-electron chi connectivity index (χ1n) is 10.2. The number of nitrogens with zero attached hydrogens (tertiary/aromatic N) is 2. The zero-order valence-electron chi connectivity index (χ0n) is 19.1. The van der Waals surface area contributed by atoms with E-state index < -0.39 is 5.37 Å². The van der Waals surface area contributed by atoms with Crippen LogP contribution in [0.25, 0.3) is 0 Å². The SMILES string of the molecule is COc1cc([C@H]2SC(NC(C)=O)=NN2C(C)=O)cc(Cl)c1OCCOc1ccc(C)c(C)c1. The molecule has 0 aliphatic carbocycles. The van der Waals surface area contributed by atoms with Crippen LogP contribution in [0.3, 0.4) is 0 Å². The van der Waals surface area contributed by atoms with Crippen molar-refractivity contribution in [2.75, 3.05) is 20.3 Å². The minimum absolute atomic E-state index is 0.260. The molecule has 0 bridgehead atoms. The Hall–Kier alpha value is -2.91. The van der Waals surface area contributed by atoms with Crippen LogP contribution in [0.15, 0.2) is 35.4 Å². The van der Waals surface area contributed by atoms with Crippen LogP contribution < -0.4 is 19.5 Å². The molecule has 0 saturated heterocycles. The van der Waals surface area contributed by atoms with Crippen molar-refractivity contribution in [2.24, 2.45) is 5.10 Å². The topological polar surface area (TPSA) is 89.5 Å². The van der Waals surface area contributed by atoms with Crippen LogP contribution in [0.4, 0.5) is 0 Å². The van der Waals surface area contributed by atoms with Crippen molar-refractivity contribution in [3.63, 3.8) is 0 Å². The van der Waals surface area contributed by atoms with Crippen molar-refractivity contribution in [2.45, 2.75) is 33.1 Å². The summed E-state index contributed by atoms with van der Waals surface area (Å²) in [5.74, 6) is 1.03. The summed E-state index contributed by atoms with van der Waals surface area (Å²) in [5, 5.41) is 8.26. The summed E-state index contributed by atoms with van der Waals surface area (Å²) in [6.07, 6.45) is 0. The van der Waals surface area contributed by atoms with E-state index in [2.05, 4.69) is 10.4 Å². The monoisotopic (exact) mass is 491 g/mol. The van der Waals surface area contributed by atoms with Crippen molar-refractivity contribution >= 4 is 40.3 Å². The molecule has 0 unspecified atom stereocenters. The van der Waals surface area contributed by atoms with Crippen molar-refractivity contribution in [3.05, 3.63) is 52.0 Å². The van der Waals surface area contributed by atoms with Gasteiger partial charge in [0, 0.05) is 13.8 Å². The molecule has 1 atom stereocenters. The number of rotatable bonds is 7. The number of hydrazone groups is 1. The van der Waals surface area contributed by atoms with Crippen LogP contribution in [0.1, 0.15) is 35.9 Å². The number of hydrogen-bond acceptors (Lipinski definition) is 7. The van der Waals surface area contributed by atoms with Gasteiger partial charge in [0.05, 0.1) is 12.1 Å². The summed E-state index contributed by atoms with van der Waals surface area (Å²) in [6, 6.07) is 9.35. The van der Waals surface area contributed by atoms with Gasteiger partial charge < -0.3 is 19.5 Å². The Kier molecular flexibility index (Phi) is 8.10. The maximum atomic E-state index is 12.1. The summed E-state index contributed by atoms with van der Waals surface area (Å²) in [4.78, 5) is 23.5. The number of ether oxygens (including phenoxy) is 3. The Morgan fingerprint density at radius 3 is 2.48 bits per heavy atom. The number of thioether (sulfide) groups is 1. The first kappa shape index (κ1) is 24.7. The van der Waals surface area contributed by atoms with E-state index in [1.54, 1.807) is 12.1 Å². The van der Waals surface area contributed by atoms with Gasteiger partial charge >= 0.3 is 0 Å². The van der Waals surface area contributed by atoms with Gasteiger partial charge in [-0.15, -0.1) is 5.10 Å². The van der Waals surface area contributed by atoms with E-state index in [1.165, 1.54) is 43.3 Å².